The van der Waals surface area contributed by atoms with Crippen LogP contribution in [0.15, 0.2) is 41.9 Å². The highest BCUT2D eigenvalue weighted by Crippen LogP contribution is 2.20. The molecule has 1 aromatic rings. The van der Waals surface area contributed by atoms with Gasteiger partial charge in [0.2, 0.25) is 0 Å². The number of amides is 2. The Kier molecular flexibility index (Phi) is 3.28. The molecule has 2 N–H and O–H groups in total. The van der Waals surface area contributed by atoms with E-state index in [2.05, 4.69) is 6.58 Å². The zero-order valence-corrected chi connectivity index (χ0v) is 8.95. The van der Waals surface area contributed by atoms with Gasteiger partial charge in [-0.2, -0.15) is 8.42 Å². The topological polar surface area (TPSA) is 80.5 Å². The third-order valence-electron chi connectivity index (χ3n) is 1.80. The van der Waals surface area contributed by atoms with Crippen molar-refractivity contribution in [2.45, 2.75) is 4.90 Å². The van der Waals surface area contributed by atoms with E-state index in [4.69, 9.17) is 5.73 Å². The molecule has 0 atom stereocenters. The SMILES string of the molecule is C=CN(C(N)=O)c1cccc(S(=O)(=O)F)c1. The van der Waals surface area contributed by atoms with Crippen LogP contribution >= 0.6 is 0 Å². The first kappa shape index (κ1) is 12.2. The summed E-state index contributed by atoms with van der Waals surface area (Å²) in [5.41, 5.74) is 5.14. The number of hydrogen-bond acceptors (Lipinski definition) is 3. The van der Waals surface area contributed by atoms with E-state index in [1.54, 1.807) is 0 Å². The lowest BCUT2D eigenvalue weighted by Crippen LogP contribution is -2.30. The molecule has 1 rings (SSSR count). The van der Waals surface area contributed by atoms with Crippen LogP contribution in [0.25, 0.3) is 0 Å². The average Bonchev–Trinajstić information content (AvgIpc) is 2.17. The molecule has 0 heterocycles. The van der Waals surface area contributed by atoms with Gasteiger partial charge < -0.3 is 5.73 Å². The monoisotopic (exact) mass is 244 g/mol. The van der Waals surface area contributed by atoms with Crippen LogP contribution in [0.4, 0.5) is 14.4 Å². The molecule has 7 heteroatoms. The van der Waals surface area contributed by atoms with Crippen LogP contribution in [0.2, 0.25) is 0 Å². The van der Waals surface area contributed by atoms with Crippen molar-refractivity contribution in [1.29, 1.82) is 0 Å². The van der Waals surface area contributed by atoms with Gasteiger partial charge in [-0.15, -0.1) is 3.89 Å². The van der Waals surface area contributed by atoms with Gasteiger partial charge in [-0.25, -0.2) is 4.79 Å². The molecule has 0 aliphatic rings. The van der Waals surface area contributed by atoms with Crippen LogP contribution in [-0.2, 0) is 10.2 Å². The second-order valence-corrected chi connectivity index (χ2v) is 4.17. The van der Waals surface area contributed by atoms with Crippen LogP contribution in [0, 0.1) is 0 Å². The molecule has 0 aliphatic carbocycles. The minimum absolute atomic E-state index is 0.126. The molecule has 0 bridgehead atoms. The molecular formula is C9H9FN2O3S. The summed E-state index contributed by atoms with van der Waals surface area (Å²) in [4.78, 5) is 11.3. The van der Waals surface area contributed by atoms with Crippen molar-refractivity contribution in [1.82, 2.24) is 0 Å². The Hall–Kier alpha value is -1.89. The predicted octanol–water partition coefficient (Wildman–Crippen LogP) is 1.37. The van der Waals surface area contributed by atoms with Gasteiger partial charge >= 0.3 is 16.3 Å². The smallest absolute Gasteiger partial charge is 0.332 e. The maximum absolute atomic E-state index is 12.7. The largest absolute Gasteiger partial charge is 0.351 e. The number of urea groups is 1. The molecule has 0 radical (unpaired) electrons. The molecule has 86 valence electrons. The number of hydrogen-bond donors (Lipinski definition) is 1. The van der Waals surface area contributed by atoms with Crippen molar-refractivity contribution < 1.29 is 17.1 Å². The Morgan fingerprint density at radius 1 is 1.50 bits per heavy atom. The summed E-state index contributed by atoms with van der Waals surface area (Å²) < 4.78 is 34.0. The Morgan fingerprint density at radius 3 is 2.56 bits per heavy atom. The Balaban J connectivity index is 3.27. The van der Waals surface area contributed by atoms with Gasteiger partial charge in [0.1, 0.15) is 4.90 Å². The molecule has 2 amide bonds. The normalized spacial score (nSPS) is 10.8. The number of nitrogens with zero attached hydrogens (tertiary/aromatic N) is 1. The summed E-state index contributed by atoms with van der Waals surface area (Å²) in [6, 6.07) is 3.91. The van der Waals surface area contributed by atoms with E-state index in [9.17, 15) is 17.1 Å². The van der Waals surface area contributed by atoms with Crippen molar-refractivity contribution in [2.24, 2.45) is 5.73 Å². The molecule has 0 saturated heterocycles. The average molecular weight is 244 g/mol. The van der Waals surface area contributed by atoms with E-state index in [-0.39, 0.29) is 5.69 Å². The molecule has 0 fully saturated rings. The van der Waals surface area contributed by atoms with Gasteiger partial charge in [-0.1, -0.05) is 12.6 Å². The van der Waals surface area contributed by atoms with Crippen LogP contribution in [0.3, 0.4) is 0 Å². The first-order valence-electron chi connectivity index (χ1n) is 4.12. The van der Waals surface area contributed by atoms with E-state index in [0.29, 0.717) is 0 Å². The van der Waals surface area contributed by atoms with Crippen LogP contribution < -0.4 is 10.6 Å². The summed E-state index contributed by atoms with van der Waals surface area (Å²) >= 11 is 0. The molecule has 0 unspecified atom stereocenters. The molecular weight excluding hydrogens is 235 g/mol. The second-order valence-electron chi connectivity index (χ2n) is 2.83. The standard InChI is InChI=1S/C9H9FN2O3S/c1-2-12(9(11)13)7-4-3-5-8(6-7)16(10,14)15/h2-6H,1H2,(H2,11,13). The quantitative estimate of drug-likeness (QED) is 0.815. The minimum Gasteiger partial charge on any atom is -0.351 e. The van der Waals surface area contributed by atoms with Gasteiger partial charge in [0.25, 0.3) is 0 Å². The van der Waals surface area contributed by atoms with E-state index >= 15 is 0 Å². The van der Waals surface area contributed by atoms with E-state index < -0.39 is 21.1 Å². The number of anilines is 1. The predicted molar refractivity (Wildman–Crippen MR) is 57.0 cm³/mol. The molecule has 0 spiro atoms. The molecule has 0 aromatic heterocycles. The van der Waals surface area contributed by atoms with Gasteiger partial charge in [0.15, 0.2) is 0 Å². The molecule has 0 saturated carbocycles. The number of carbonyl (C=O) groups is 1. The molecule has 5 nitrogen and oxygen atoms in total. The number of halogens is 1. The molecule has 16 heavy (non-hydrogen) atoms. The lowest BCUT2D eigenvalue weighted by Gasteiger charge is -2.15. The number of rotatable bonds is 3. The summed E-state index contributed by atoms with van der Waals surface area (Å²) in [6.45, 7) is 3.33. The van der Waals surface area contributed by atoms with Gasteiger partial charge in [0, 0.05) is 6.20 Å². The maximum atomic E-state index is 12.7. The van der Waals surface area contributed by atoms with E-state index in [1.165, 1.54) is 12.1 Å². The highest BCUT2D eigenvalue weighted by molar-refractivity contribution is 7.86. The summed E-state index contributed by atoms with van der Waals surface area (Å²) in [7, 11) is -4.81. The van der Waals surface area contributed by atoms with Crippen molar-refractivity contribution in [2.75, 3.05) is 4.90 Å². The lowest BCUT2D eigenvalue weighted by molar-refractivity contribution is 0.256. The number of primary amides is 1. The van der Waals surface area contributed by atoms with Gasteiger partial charge in [-0.3, -0.25) is 4.90 Å². The van der Waals surface area contributed by atoms with Crippen molar-refractivity contribution in [3.05, 3.63) is 37.0 Å². The Labute approximate surface area is 92.2 Å². The van der Waals surface area contributed by atoms with Crippen molar-refractivity contribution >= 4 is 21.9 Å². The fraction of sp³-hybridized carbons (Fsp3) is 0. The fourth-order valence-electron chi connectivity index (χ4n) is 1.11. The molecule has 0 aliphatic heterocycles. The number of benzene rings is 1. The summed E-state index contributed by atoms with van der Waals surface area (Å²) in [5.74, 6) is 0. The second kappa shape index (κ2) is 4.31. The van der Waals surface area contributed by atoms with Crippen molar-refractivity contribution in [3.63, 3.8) is 0 Å². The van der Waals surface area contributed by atoms with E-state index in [0.717, 1.165) is 23.2 Å². The zero-order chi connectivity index (χ0) is 12.3. The van der Waals surface area contributed by atoms with Gasteiger partial charge in [-0.05, 0) is 18.2 Å². The van der Waals surface area contributed by atoms with Crippen LogP contribution in [0.5, 0.6) is 0 Å². The number of nitrogens with two attached hydrogens (primary N) is 1. The van der Waals surface area contributed by atoms with Crippen LogP contribution in [-0.4, -0.2) is 14.4 Å². The first-order valence-corrected chi connectivity index (χ1v) is 5.50. The zero-order valence-electron chi connectivity index (χ0n) is 8.13. The first-order chi connectivity index (χ1) is 7.36. The van der Waals surface area contributed by atoms with E-state index in [1.807, 2.05) is 0 Å². The fourth-order valence-corrected chi connectivity index (χ4v) is 1.61. The van der Waals surface area contributed by atoms with Gasteiger partial charge in [0.05, 0.1) is 5.69 Å². The third kappa shape index (κ3) is 2.57. The minimum atomic E-state index is -4.81. The highest BCUT2D eigenvalue weighted by atomic mass is 32.3. The third-order valence-corrected chi connectivity index (χ3v) is 2.61. The lowest BCUT2D eigenvalue weighted by atomic mass is 10.3. The number of carbonyl (C=O) groups excluding carboxylic acids is 1. The Bertz CT molecular complexity index is 527. The Morgan fingerprint density at radius 2 is 2.12 bits per heavy atom. The van der Waals surface area contributed by atoms with Crippen LogP contribution in [0.1, 0.15) is 0 Å². The highest BCUT2D eigenvalue weighted by Gasteiger charge is 2.15. The maximum Gasteiger partial charge on any atom is 0.332 e. The summed E-state index contributed by atoms with van der Waals surface area (Å²) in [5, 5.41) is 0. The molecule has 1 aromatic carbocycles. The summed E-state index contributed by atoms with van der Waals surface area (Å²) in [6.07, 6.45) is 1.10. The van der Waals surface area contributed by atoms with Crippen molar-refractivity contribution in [3.8, 4) is 0 Å².